The van der Waals surface area contributed by atoms with Gasteiger partial charge in [0.2, 0.25) is 0 Å². The fourth-order valence-corrected chi connectivity index (χ4v) is 1.97. The molecule has 0 radical (unpaired) electrons. The molecule has 0 amide bonds. The summed E-state index contributed by atoms with van der Waals surface area (Å²) in [5.74, 6) is -0.758. The first-order chi connectivity index (χ1) is 10.4. The van der Waals surface area contributed by atoms with Crippen molar-refractivity contribution in [1.82, 2.24) is 0 Å². The van der Waals surface area contributed by atoms with Crippen molar-refractivity contribution < 1.29 is 24.4 Å². The van der Waals surface area contributed by atoms with Gasteiger partial charge in [-0.1, -0.05) is 12.8 Å². The maximum absolute atomic E-state index is 11.4. The van der Waals surface area contributed by atoms with E-state index in [1.165, 1.54) is 25.1 Å². The Hall–Kier alpha value is -2.15. The van der Waals surface area contributed by atoms with Crippen LogP contribution in [0.2, 0.25) is 0 Å². The summed E-state index contributed by atoms with van der Waals surface area (Å²) in [4.78, 5) is 32.0. The number of ketones is 1. The molecule has 128 valence electrons. The second kappa shape index (κ2) is 10.6. The molecule has 0 heterocycles. The summed E-state index contributed by atoms with van der Waals surface area (Å²) >= 11 is 0. The largest absolute Gasteiger partial charge is 0.494 e. The van der Waals surface area contributed by atoms with Gasteiger partial charge in [0.25, 0.3) is 5.69 Å². The number of carbonyl (C=O) groups is 2. The molecule has 7 nitrogen and oxygen atoms in total. The van der Waals surface area contributed by atoms with E-state index in [1.807, 2.05) is 0 Å². The van der Waals surface area contributed by atoms with Crippen LogP contribution in [0.4, 0.5) is 5.69 Å². The lowest BCUT2D eigenvalue weighted by Gasteiger charge is -2.07. The van der Waals surface area contributed by atoms with E-state index in [2.05, 4.69) is 0 Å². The monoisotopic (exact) mass is 345 g/mol. The lowest BCUT2D eigenvalue weighted by atomic mass is 10.1. The topological polar surface area (TPSA) is 107 Å². The maximum Gasteiger partial charge on any atom is 0.303 e. The van der Waals surface area contributed by atoms with Crippen LogP contribution < -0.4 is 4.74 Å². The summed E-state index contributed by atoms with van der Waals surface area (Å²) in [6.07, 6.45) is 3.23. The highest BCUT2D eigenvalue weighted by Gasteiger charge is 2.17. The third-order valence-corrected chi connectivity index (χ3v) is 3.10. The molecule has 0 spiro atoms. The fourth-order valence-electron chi connectivity index (χ4n) is 1.97. The molecule has 8 heteroatoms. The second-order valence-electron chi connectivity index (χ2n) is 4.90. The van der Waals surface area contributed by atoms with Crippen molar-refractivity contribution in [2.24, 2.45) is 0 Å². The molecule has 1 aromatic carbocycles. The van der Waals surface area contributed by atoms with Crippen molar-refractivity contribution in [3.63, 3.8) is 0 Å². The van der Waals surface area contributed by atoms with Crippen molar-refractivity contribution in [2.45, 2.75) is 39.0 Å². The first-order valence-electron chi connectivity index (χ1n) is 7.05. The van der Waals surface area contributed by atoms with Gasteiger partial charge in [-0.15, -0.1) is 12.4 Å². The molecule has 0 saturated heterocycles. The van der Waals surface area contributed by atoms with Gasteiger partial charge in [-0.25, -0.2) is 0 Å². The maximum atomic E-state index is 11.4. The van der Waals surface area contributed by atoms with E-state index in [4.69, 9.17) is 9.84 Å². The number of benzene rings is 1. The van der Waals surface area contributed by atoms with Gasteiger partial charge in [0.05, 0.1) is 17.1 Å². The third kappa shape index (κ3) is 7.60. The number of aliphatic carboxylic acids is 1. The van der Waals surface area contributed by atoms with Crippen molar-refractivity contribution in [1.29, 1.82) is 0 Å². The van der Waals surface area contributed by atoms with Crippen molar-refractivity contribution >= 4 is 29.8 Å². The van der Waals surface area contributed by atoms with Gasteiger partial charge in [-0.2, -0.15) is 0 Å². The SMILES string of the molecule is CC(=O)c1cc(OCCCCCCC(=O)O)ccc1[N+](=O)[O-].Cl. The molecule has 0 aliphatic heterocycles. The fraction of sp³-hybridized carbons (Fsp3) is 0.467. The van der Waals surface area contributed by atoms with Crippen LogP contribution in [0.1, 0.15) is 49.4 Å². The Kier molecular flexibility index (Phi) is 9.57. The zero-order valence-corrected chi connectivity index (χ0v) is 13.6. The highest BCUT2D eigenvalue weighted by atomic mass is 35.5. The van der Waals surface area contributed by atoms with Crippen molar-refractivity contribution in [3.05, 3.63) is 33.9 Å². The summed E-state index contributed by atoms with van der Waals surface area (Å²) in [5, 5.41) is 19.3. The summed E-state index contributed by atoms with van der Waals surface area (Å²) < 4.78 is 5.47. The molecule has 1 N–H and O–H groups in total. The molecule has 0 atom stereocenters. The number of hydrogen-bond acceptors (Lipinski definition) is 5. The third-order valence-electron chi connectivity index (χ3n) is 3.10. The van der Waals surface area contributed by atoms with Gasteiger partial charge in [-0.05, 0) is 31.9 Å². The normalized spacial score (nSPS) is 9.78. The summed E-state index contributed by atoms with van der Waals surface area (Å²) in [6.45, 7) is 1.69. The smallest absolute Gasteiger partial charge is 0.303 e. The number of carbonyl (C=O) groups excluding carboxylic acids is 1. The van der Waals surface area contributed by atoms with Gasteiger partial charge in [0.15, 0.2) is 5.78 Å². The number of nitro groups is 1. The summed E-state index contributed by atoms with van der Waals surface area (Å²) in [7, 11) is 0. The van der Waals surface area contributed by atoms with Crippen molar-refractivity contribution in [2.75, 3.05) is 6.61 Å². The van der Waals surface area contributed by atoms with Crippen LogP contribution in [0.25, 0.3) is 0 Å². The van der Waals surface area contributed by atoms with E-state index in [1.54, 1.807) is 0 Å². The highest BCUT2D eigenvalue weighted by Crippen LogP contribution is 2.24. The molecule has 23 heavy (non-hydrogen) atoms. The van der Waals surface area contributed by atoms with E-state index in [9.17, 15) is 19.7 Å². The number of nitrogens with zero attached hydrogens (tertiary/aromatic N) is 1. The highest BCUT2D eigenvalue weighted by molar-refractivity contribution is 5.98. The predicted molar refractivity (Wildman–Crippen MR) is 86.6 cm³/mol. The Morgan fingerprint density at radius 2 is 1.87 bits per heavy atom. The molecular formula is C15H20ClNO6. The van der Waals surface area contributed by atoms with Gasteiger partial charge < -0.3 is 9.84 Å². The van der Waals surface area contributed by atoms with E-state index in [0.717, 1.165) is 19.3 Å². The van der Waals surface area contributed by atoms with Crippen LogP contribution in [0.5, 0.6) is 5.75 Å². The standard InChI is InChI=1S/C15H19NO6.ClH/c1-11(17)13-10-12(7-8-14(13)16(20)21)22-9-5-3-2-4-6-15(18)19;/h7-8,10H,2-6,9H2,1H3,(H,18,19);1H. The number of carboxylic acid groups (broad SMARTS) is 1. The Balaban J connectivity index is 0.00000484. The van der Waals surface area contributed by atoms with E-state index in [-0.39, 0.29) is 35.9 Å². The number of Topliss-reactive ketones (excluding diaryl/α,β-unsaturated/α-hetero) is 1. The van der Waals surface area contributed by atoms with E-state index < -0.39 is 10.9 Å². The number of halogens is 1. The van der Waals surface area contributed by atoms with Crippen molar-refractivity contribution in [3.8, 4) is 5.75 Å². The van der Waals surface area contributed by atoms with Crippen LogP contribution in [0, 0.1) is 10.1 Å². The molecule has 0 unspecified atom stereocenters. The predicted octanol–water partition coefficient (Wildman–Crippen LogP) is 3.63. The Morgan fingerprint density at radius 3 is 2.43 bits per heavy atom. The Bertz CT molecular complexity index is 561. The van der Waals surface area contributed by atoms with Crippen LogP contribution >= 0.6 is 12.4 Å². The molecule has 0 fully saturated rings. The molecule has 0 aromatic heterocycles. The van der Waals surface area contributed by atoms with Gasteiger partial charge >= 0.3 is 5.97 Å². The van der Waals surface area contributed by atoms with Crippen LogP contribution in [-0.4, -0.2) is 28.4 Å². The minimum Gasteiger partial charge on any atom is -0.494 e. The lowest BCUT2D eigenvalue weighted by Crippen LogP contribution is -2.03. The zero-order chi connectivity index (χ0) is 16.5. The van der Waals surface area contributed by atoms with E-state index in [0.29, 0.717) is 18.8 Å². The zero-order valence-electron chi connectivity index (χ0n) is 12.8. The quantitative estimate of drug-likeness (QED) is 0.300. The lowest BCUT2D eigenvalue weighted by molar-refractivity contribution is -0.385. The average molecular weight is 346 g/mol. The molecular weight excluding hydrogens is 326 g/mol. The molecule has 0 aliphatic rings. The van der Waals surface area contributed by atoms with Crippen LogP contribution in [0.15, 0.2) is 18.2 Å². The number of rotatable bonds is 10. The van der Waals surface area contributed by atoms with Gasteiger partial charge in [0.1, 0.15) is 5.75 Å². The summed E-state index contributed by atoms with van der Waals surface area (Å²) in [6, 6.07) is 4.11. The average Bonchev–Trinajstić information content (AvgIpc) is 2.45. The minimum atomic E-state index is -0.793. The van der Waals surface area contributed by atoms with E-state index >= 15 is 0 Å². The Labute approximate surface area is 140 Å². The number of unbranched alkanes of at least 4 members (excludes halogenated alkanes) is 3. The number of ether oxygens (including phenoxy) is 1. The molecule has 1 rings (SSSR count). The summed E-state index contributed by atoms with van der Waals surface area (Å²) in [5.41, 5.74) is -0.197. The molecule has 0 saturated carbocycles. The molecule has 1 aromatic rings. The van der Waals surface area contributed by atoms with Gasteiger partial charge in [0, 0.05) is 12.5 Å². The second-order valence-corrected chi connectivity index (χ2v) is 4.90. The Morgan fingerprint density at radius 1 is 1.22 bits per heavy atom. The number of hydrogen-bond donors (Lipinski definition) is 1. The molecule has 0 bridgehead atoms. The van der Waals surface area contributed by atoms with Crippen LogP contribution in [-0.2, 0) is 4.79 Å². The molecule has 0 aliphatic carbocycles. The van der Waals surface area contributed by atoms with Crippen LogP contribution in [0.3, 0.4) is 0 Å². The number of carboxylic acids is 1. The number of nitro benzene ring substituents is 1. The first-order valence-corrected chi connectivity index (χ1v) is 7.05. The van der Waals surface area contributed by atoms with Gasteiger partial charge in [-0.3, -0.25) is 19.7 Å². The minimum absolute atomic E-state index is 0. The first kappa shape index (κ1) is 20.9.